The monoisotopic (exact) mass is 502 g/mol. The second-order valence-corrected chi connectivity index (χ2v) is 10.5. The highest BCUT2D eigenvalue weighted by molar-refractivity contribution is 8.17. The number of anilines is 2. The van der Waals surface area contributed by atoms with E-state index in [1.54, 1.807) is 6.92 Å². The van der Waals surface area contributed by atoms with Gasteiger partial charge in [0.15, 0.2) is 10.8 Å². The minimum Gasteiger partial charge on any atom is -0.292 e. The van der Waals surface area contributed by atoms with Gasteiger partial charge in [0.2, 0.25) is 4.99 Å². The summed E-state index contributed by atoms with van der Waals surface area (Å²) in [4.78, 5) is 11.8. The van der Waals surface area contributed by atoms with Crippen molar-refractivity contribution in [3.8, 4) is 0 Å². The molecule has 2 heterocycles. The van der Waals surface area contributed by atoms with Crippen LogP contribution in [0, 0.1) is 13.8 Å². The van der Waals surface area contributed by atoms with Crippen LogP contribution >= 0.6 is 11.8 Å². The standard InChI is InChI=1S/C31H26N4OS/c1-21-13-17-24(18-14-21)29-27-11-7-8-12-28(27)31(34(32-29)25-9-5-4-6-10-25)35(33-30(37-31)23(3)36)26-19-15-22(2)16-20-26/h4-20H,1-3H3/t31-/m1/s1. The summed E-state index contributed by atoms with van der Waals surface area (Å²) < 4.78 is 0. The van der Waals surface area contributed by atoms with Gasteiger partial charge in [-0.05, 0) is 49.9 Å². The van der Waals surface area contributed by atoms with E-state index >= 15 is 0 Å². The maximum absolute atomic E-state index is 12.7. The fraction of sp³-hybridized carbons (Fsp3) is 0.129. The number of nitrogens with zero attached hydrogens (tertiary/aromatic N) is 4. The van der Waals surface area contributed by atoms with Crippen LogP contribution < -0.4 is 10.0 Å². The SMILES string of the molecule is CC(=O)C1=NN(c2ccc(C)cc2)[C@@]2(S1)c1ccccc1C(c1ccc(C)cc1)=NN2c1ccccc1. The Bertz CT molecular complexity index is 1540. The number of carbonyl (C=O) groups excluding carboxylic acids is 1. The molecule has 0 fully saturated rings. The predicted octanol–water partition coefficient (Wildman–Crippen LogP) is 6.84. The summed E-state index contributed by atoms with van der Waals surface area (Å²) in [6.07, 6.45) is 0. The molecular formula is C31H26N4OS. The lowest BCUT2D eigenvalue weighted by molar-refractivity contribution is -0.110. The summed E-state index contributed by atoms with van der Waals surface area (Å²) in [7, 11) is 0. The highest BCUT2D eigenvalue weighted by Gasteiger charge is 2.55. The largest absolute Gasteiger partial charge is 0.292 e. The normalized spacial score (nSPS) is 18.5. The van der Waals surface area contributed by atoms with Crippen LogP contribution in [0.1, 0.15) is 34.7 Å². The number of hydrogen-bond acceptors (Lipinski definition) is 6. The number of ketones is 1. The molecule has 182 valence electrons. The van der Waals surface area contributed by atoms with Crippen molar-refractivity contribution in [2.75, 3.05) is 10.0 Å². The Hall–Kier alpha value is -4.16. The Labute approximate surface area is 221 Å². The smallest absolute Gasteiger partial charge is 0.234 e. The average molecular weight is 503 g/mol. The Morgan fingerprint density at radius 1 is 0.703 bits per heavy atom. The van der Waals surface area contributed by atoms with E-state index in [9.17, 15) is 4.79 Å². The molecule has 0 saturated heterocycles. The van der Waals surface area contributed by atoms with E-state index in [2.05, 4.69) is 74.5 Å². The summed E-state index contributed by atoms with van der Waals surface area (Å²) in [6, 6.07) is 35.1. The van der Waals surface area contributed by atoms with Crippen molar-refractivity contribution in [3.05, 3.63) is 131 Å². The summed E-state index contributed by atoms with van der Waals surface area (Å²) in [5.74, 6) is -0.0715. The van der Waals surface area contributed by atoms with E-state index in [1.165, 1.54) is 17.3 Å². The van der Waals surface area contributed by atoms with Gasteiger partial charge in [-0.2, -0.15) is 10.2 Å². The molecule has 6 rings (SSSR count). The molecule has 1 atom stereocenters. The van der Waals surface area contributed by atoms with Crippen LogP contribution in [-0.4, -0.2) is 16.5 Å². The Morgan fingerprint density at radius 3 is 1.95 bits per heavy atom. The Morgan fingerprint density at radius 2 is 1.27 bits per heavy atom. The van der Waals surface area contributed by atoms with Crippen LogP contribution in [0.3, 0.4) is 0 Å². The number of hydrazone groups is 2. The van der Waals surface area contributed by atoms with Crippen LogP contribution in [0.5, 0.6) is 0 Å². The molecule has 0 radical (unpaired) electrons. The molecule has 0 bridgehead atoms. The van der Waals surface area contributed by atoms with Gasteiger partial charge in [0.1, 0.15) is 0 Å². The molecule has 0 saturated carbocycles. The van der Waals surface area contributed by atoms with Crippen LogP contribution in [0.25, 0.3) is 0 Å². The topological polar surface area (TPSA) is 48.3 Å². The third-order valence-corrected chi connectivity index (χ3v) is 8.06. The van der Waals surface area contributed by atoms with Gasteiger partial charge in [-0.3, -0.25) is 4.79 Å². The summed E-state index contributed by atoms with van der Waals surface area (Å²) in [5, 5.41) is 14.6. The predicted molar refractivity (Wildman–Crippen MR) is 153 cm³/mol. The molecule has 0 unspecified atom stereocenters. The van der Waals surface area contributed by atoms with Gasteiger partial charge in [0.25, 0.3) is 0 Å². The lowest BCUT2D eigenvalue weighted by atomic mass is 9.93. The van der Waals surface area contributed by atoms with Crippen LogP contribution in [0.2, 0.25) is 0 Å². The number of Topliss-reactive ketones (excluding diaryl/α,β-unsaturated/α-hetero) is 1. The number of hydrogen-bond donors (Lipinski definition) is 0. The van der Waals surface area contributed by atoms with Crippen molar-refractivity contribution in [1.82, 2.24) is 0 Å². The summed E-state index contributed by atoms with van der Waals surface area (Å²) in [6.45, 7) is 5.72. The second kappa shape index (κ2) is 9.05. The first kappa shape index (κ1) is 23.3. The first-order valence-corrected chi connectivity index (χ1v) is 13.1. The van der Waals surface area contributed by atoms with Crippen molar-refractivity contribution in [1.29, 1.82) is 0 Å². The maximum Gasteiger partial charge on any atom is 0.234 e. The zero-order chi connectivity index (χ0) is 25.6. The van der Waals surface area contributed by atoms with E-state index in [4.69, 9.17) is 10.2 Å². The van der Waals surface area contributed by atoms with Crippen molar-refractivity contribution in [3.63, 3.8) is 0 Å². The lowest BCUT2D eigenvalue weighted by Crippen LogP contribution is -2.54. The van der Waals surface area contributed by atoms with Gasteiger partial charge in [0, 0.05) is 23.6 Å². The van der Waals surface area contributed by atoms with Gasteiger partial charge >= 0.3 is 0 Å². The third kappa shape index (κ3) is 3.85. The van der Waals surface area contributed by atoms with Crippen molar-refractivity contribution in [2.24, 2.45) is 10.2 Å². The van der Waals surface area contributed by atoms with E-state index in [0.717, 1.165) is 39.3 Å². The molecule has 1 spiro atoms. The highest BCUT2D eigenvalue weighted by atomic mass is 32.2. The molecule has 6 heteroatoms. The Kier molecular flexibility index (Phi) is 5.69. The maximum atomic E-state index is 12.7. The first-order chi connectivity index (χ1) is 18.0. The molecule has 0 amide bonds. The number of benzene rings is 4. The van der Waals surface area contributed by atoms with Gasteiger partial charge < -0.3 is 0 Å². The van der Waals surface area contributed by atoms with Crippen LogP contribution in [-0.2, 0) is 9.79 Å². The molecule has 5 nitrogen and oxygen atoms in total. The van der Waals surface area contributed by atoms with Gasteiger partial charge in [-0.1, -0.05) is 90.0 Å². The molecule has 37 heavy (non-hydrogen) atoms. The minimum atomic E-state index is -0.928. The van der Waals surface area contributed by atoms with Crippen molar-refractivity contribution < 1.29 is 4.79 Å². The number of fused-ring (bicyclic) bond motifs is 2. The second-order valence-electron chi connectivity index (χ2n) is 9.33. The number of carbonyl (C=O) groups is 1. The quantitative estimate of drug-likeness (QED) is 0.306. The summed E-state index contributed by atoms with van der Waals surface area (Å²) >= 11 is 1.44. The lowest BCUT2D eigenvalue weighted by Gasteiger charge is -2.47. The Balaban J connectivity index is 1.66. The van der Waals surface area contributed by atoms with E-state index < -0.39 is 4.99 Å². The molecule has 4 aromatic carbocycles. The third-order valence-electron chi connectivity index (χ3n) is 6.64. The fourth-order valence-electron chi connectivity index (χ4n) is 4.76. The number of para-hydroxylation sites is 1. The van der Waals surface area contributed by atoms with Crippen LogP contribution in [0.4, 0.5) is 11.4 Å². The first-order valence-electron chi connectivity index (χ1n) is 12.2. The molecule has 0 aliphatic carbocycles. The van der Waals surface area contributed by atoms with Gasteiger partial charge in [-0.15, -0.1) is 0 Å². The van der Waals surface area contributed by atoms with E-state index in [1.807, 2.05) is 52.5 Å². The molecule has 0 N–H and O–H groups in total. The number of aryl methyl sites for hydroxylation is 2. The molecular weight excluding hydrogens is 476 g/mol. The minimum absolute atomic E-state index is 0.0715. The van der Waals surface area contributed by atoms with Gasteiger partial charge in [-0.25, -0.2) is 10.0 Å². The van der Waals surface area contributed by atoms with Crippen molar-refractivity contribution in [2.45, 2.75) is 25.8 Å². The average Bonchev–Trinajstić information content (AvgIpc) is 3.32. The zero-order valence-electron chi connectivity index (χ0n) is 20.9. The molecule has 2 aliphatic rings. The van der Waals surface area contributed by atoms with E-state index in [-0.39, 0.29) is 5.78 Å². The number of thioether (sulfide) groups is 1. The van der Waals surface area contributed by atoms with Gasteiger partial charge in [0.05, 0.1) is 17.1 Å². The van der Waals surface area contributed by atoms with E-state index in [0.29, 0.717) is 5.04 Å². The molecule has 2 aliphatic heterocycles. The molecule has 4 aromatic rings. The summed E-state index contributed by atoms with van der Waals surface area (Å²) in [5.41, 5.74) is 8.10. The zero-order valence-corrected chi connectivity index (χ0v) is 21.7. The highest BCUT2D eigenvalue weighted by Crippen LogP contribution is 2.55. The molecule has 0 aromatic heterocycles. The fourth-order valence-corrected chi connectivity index (χ4v) is 6.05. The van der Waals surface area contributed by atoms with Crippen LogP contribution in [0.15, 0.2) is 113 Å². The van der Waals surface area contributed by atoms with Crippen molar-refractivity contribution >= 4 is 39.7 Å². The number of rotatable bonds is 4.